The first-order valence-corrected chi connectivity index (χ1v) is 6.92. The zero-order valence-electron chi connectivity index (χ0n) is 10.4. The first kappa shape index (κ1) is 14.7. The third-order valence-corrected chi connectivity index (χ3v) is 3.68. The monoisotopic (exact) mass is 354 g/mol. The molecule has 6 heteroatoms. The van der Waals surface area contributed by atoms with Crippen LogP contribution >= 0.6 is 27.5 Å². The Balaban J connectivity index is 2.25. The predicted molar refractivity (Wildman–Crippen MR) is 82.4 cm³/mol. The van der Waals surface area contributed by atoms with Crippen molar-refractivity contribution in [2.45, 2.75) is 6.61 Å². The fraction of sp³-hybridized carbons (Fsp3) is 0.0714. The van der Waals surface area contributed by atoms with Crippen LogP contribution in [0.15, 0.2) is 52.1 Å². The molecule has 0 amide bonds. The molecule has 2 aromatic rings. The molecule has 0 spiro atoms. The van der Waals surface area contributed by atoms with E-state index in [2.05, 4.69) is 21.1 Å². The third kappa shape index (κ3) is 3.43. The van der Waals surface area contributed by atoms with Crippen molar-refractivity contribution in [1.82, 2.24) is 0 Å². The molecule has 0 aromatic heterocycles. The second-order valence-corrected chi connectivity index (χ2v) is 5.30. The minimum atomic E-state index is -0.0243. The summed E-state index contributed by atoms with van der Waals surface area (Å²) in [7, 11) is 0. The SMILES string of the molecule is N/C(=N/O)c1ccc(Cl)cc1OCc1ccccc1Br. The minimum Gasteiger partial charge on any atom is -0.488 e. The number of hydrogen-bond donors (Lipinski definition) is 2. The second-order valence-electron chi connectivity index (χ2n) is 4.01. The van der Waals surface area contributed by atoms with E-state index in [0.717, 1.165) is 10.0 Å². The zero-order valence-corrected chi connectivity index (χ0v) is 12.7. The molecule has 3 N–H and O–H groups in total. The number of oxime groups is 1. The largest absolute Gasteiger partial charge is 0.488 e. The Morgan fingerprint density at radius 1 is 1.30 bits per heavy atom. The second kappa shape index (κ2) is 6.63. The van der Waals surface area contributed by atoms with Crippen LogP contribution in [0, 0.1) is 0 Å². The van der Waals surface area contributed by atoms with Crippen molar-refractivity contribution in [1.29, 1.82) is 0 Å². The Morgan fingerprint density at radius 2 is 2.05 bits per heavy atom. The van der Waals surface area contributed by atoms with Gasteiger partial charge in [-0.25, -0.2) is 0 Å². The van der Waals surface area contributed by atoms with Gasteiger partial charge in [-0.15, -0.1) is 0 Å². The number of ether oxygens (including phenoxy) is 1. The van der Waals surface area contributed by atoms with Gasteiger partial charge in [0, 0.05) is 15.1 Å². The summed E-state index contributed by atoms with van der Waals surface area (Å²) >= 11 is 9.40. The van der Waals surface area contributed by atoms with Crippen LogP contribution in [0.3, 0.4) is 0 Å². The van der Waals surface area contributed by atoms with Crippen LogP contribution in [-0.2, 0) is 6.61 Å². The van der Waals surface area contributed by atoms with Crippen molar-refractivity contribution >= 4 is 33.4 Å². The molecule has 0 heterocycles. The third-order valence-electron chi connectivity index (χ3n) is 2.67. The molecule has 104 valence electrons. The highest BCUT2D eigenvalue weighted by molar-refractivity contribution is 9.10. The Labute approximate surface area is 129 Å². The van der Waals surface area contributed by atoms with Gasteiger partial charge in [0.1, 0.15) is 12.4 Å². The number of amidine groups is 1. The van der Waals surface area contributed by atoms with Crippen LogP contribution in [0.25, 0.3) is 0 Å². The highest BCUT2D eigenvalue weighted by Gasteiger charge is 2.10. The lowest BCUT2D eigenvalue weighted by molar-refractivity contribution is 0.302. The summed E-state index contributed by atoms with van der Waals surface area (Å²) in [5.74, 6) is 0.437. The summed E-state index contributed by atoms with van der Waals surface area (Å²) in [5, 5.41) is 12.3. The fourth-order valence-electron chi connectivity index (χ4n) is 1.65. The van der Waals surface area contributed by atoms with E-state index >= 15 is 0 Å². The van der Waals surface area contributed by atoms with Crippen LogP contribution in [0.5, 0.6) is 5.75 Å². The number of rotatable bonds is 4. The molecule has 0 aliphatic rings. The summed E-state index contributed by atoms with van der Waals surface area (Å²) in [4.78, 5) is 0. The summed E-state index contributed by atoms with van der Waals surface area (Å²) < 4.78 is 6.67. The van der Waals surface area contributed by atoms with E-state index in [1.165, 1.54) is 0 Å². The zero-order chi connectivity index (χ0) is 14.5. The van der Waals surface area contributed by atoms with Crippen molar-refractivity contribution in [2.24, 2.45) is 10.9 Å². The highest BCUT2D eigenvalue weighted by atomic mass is 79.9. The van der Waals surface area contributed by atoms with Crippen molar-refractivity contribution in [3.63, 3.8) is 0 Å². The molecule has 0 radical (unpaired) electrons. The average molecular weight is 356 g/mol. The predicted octanol–water partition coefficient (Wildman–Crippen LogP) is 3.78. The van der Waals surface area contributed by atoms with Crippen LogP contribution in [-0.4, -0.2) is 11.0 Å². The molecular weight excluding hydrogens is 344 g/mol. The van der Waals surface area contributed by atoms with E-state index in [1.807, 2.05) is 24.3 Å². The molecule has 0 saturated heterocycles. The molecule has 0 aliphatic carbocycles. The molecule has 2 rings (SSSR count). The van der Waals surface area contributed by atoms with E-state index in [-0.39, 0.29) is 5.84 Å². The maximum Gasteiger partial charge on any atom is 0.173 e. The van der Waals surface area contributed by atoms with Gasteiger partial charge in [0.15, 0.2) is 5.84 Å². The molecule has 0 fully saturated rings. The summed E-state index contributed by atoms with van der Waals surface area (Å²) in [6.45, 7) is 0.341. The smallest absolute Gasteiger partial charge is 0.173 e. The van der Waals surface area contributed by atoms with Gasteiger partial charge < -0.3 is 15.7 Å². The first-order valence-electron chi connectivity index (χ1n) is 5.75. The Morgan fingerprint density at radius 3 is 2.75 bits per heavy atom. The Bertz CT molecular complexity index is 647. The summed E-state index contributed by atoms with van der Waals surface area (Å²) in [6, 6.07) is 12.7. The van der Waals surface area contributed by atoms with Gasteiger partial charge in [0.25, 0.3) is 0 Å². The van der Waals surface area contributed by atoms with Crippen LogP contribution in [0.2, 0.25) is 5.02 Å². The number of benzene rings is 2. The van der Waals surface area contributed by atoms with Crippen molar-refractivity contribution in [3.8, 4) is 5.75 Å². The van der Waals surface area contributed by atoms with Gasteiger partial charge in [-0.2, -0.15) is 0 Å². The van der Waals surface area contributed by atoms with E-state index in [9.17, 15) is 0 Å². The maximum absolute atomic E-state index is 8.78. The van der Waals surface area contributed by atoms with Crippen LogP contribution < -0.4 is 10.5 Å². The molecule has 0 saturated carbocycles. The fourth-order valence-corrected chi connectivity index (χ4v) is 2.21. The topological polar surface area (TPSA) is 67.8 Å². The van der Waals surface area contributed by atoms with Gasteiger partial charge >= 0.3 is 0 Å². The van der Waals surface area contributed by atoms with E-state index in [4.69, 9.17) is 27.3 Å². The van der Waals surface area contributed by atoms with Gasteiger partial charge in [0.2, 0.25) is 0 Å². The molecule has 0 atom stereocenters. The minimum absolute atomic E-state index is 0.0243. The Kier molecular flexibility index (Phi) is 4.87. The van der Waals surface area contributed by atoms with Gasteiger partial charge in [0.05, 0.1) is 5.56 Å². The molecule has 0 bridgehead atoms. The van der Waals surface area contributed by atoms with E-state index < -0.39 is 0 Å². The van der Waals surface area contributed by atoms with Gasteiger partial charge in [-0.05, 0) is 24.3 Å². The van der Waals surface area contributed by atoms with Gasteiger partial charge in [-0.3, -0.25) is 0 Å². The highest BCUT2D eigenvalue weighted by Crippen LogP contribution is 2.25. The van der Waals surface area contributed by atoms with E-state index in [0.29, 0.717) is 22.9 Å². The molecule has 4 nitrogen and oxygen atoms in total. The molecular formula is C14H12BrClN2O2. The molecule has 20 heavy (non-hydrogen) atoms. The summed E-state index contributed by atoms with van der Waals surface area (Å²) in [6.07, 6.45) is 0. The van der Waals surface area contributed by atoms with Gasteiger partial charge in [-0.1, -0.05) is 50.9 Å². The number of hydrogen-bond acceptors (Lipinski definition) is 3. The average Bonchev–Trinajstić information content (AvgIpc) is 2.46. The number of halogens is 2. The number of nitrogens with two attached hydrogens (primary N) is 1. The lowest BCUT2D eigenvalue weighted by Gasteiger charge is -2.12. The Hall–Kier alpha value is -1.72. The van der Waals surface area contributed by atoms with E-state index in [1.54, 1.807) is 18.2 Å². The van der Waals surface area contributed by atoms with Crippen molar-refractivity contribution < 1.29 is 9.94 Å². The van der Waals surface area contributed by atoms with Crippen LogP contribution in [0.4, 0.5) is 0 Å². The lowest BCUT2D eigenvalue weighted by atomic mass is 10.2. The quantitative estimate of drug-likeness (QED) is 0.379. The summed E-state index contributed by atoms with van der Waals surface area (Å²) in [5.41, 5.74) is 7.09. The van der Waals surface area contributed by atoms with Crippen molar-refractivity contribution in [2.75, 3.05) is 0 Å². The number of nitrogens with zero attached hydrogens (tertiary/aromatic N) is 1. The van der Waals surface area contributed by atoms with Crippen molar-refractivity contribution in [3.05, 3.63) is 63.1 Å². The van der Waals surface area contributed by atoms with Crippen LogP contribution in [0.1, 0.15) is 11.1 Å². The normalized spacial score (nSPS) is 11.4. The maximum atomic E-state index is 8.78. The lowest BCUT2D eigenvalue weighted by Crippen LogP contribution is -2.14. The molecule has 0 unspecified atom stereocenters. The standard InChI is InChI=1S/C14H12BrClN2O2/c15-12-4-2-1-3-9(12)8-20-13-7-10(16)5-6-11(13)14(17)18-19/h1-7,19H,8H2,(H2,17,18). The molecule has 0 aliphatic heterocycles. The molecule has 2 aromatic carbocycles. The first-order chi connectivity index (χ1) is 9.61.